The van der Waals surface area contributed by atoms with Crippen molar-refractivity contribution in [1.82, 2.24) is 0 Å². The van der Waals surface area contributed by atoms with Crippen molar-refractivity contribution in [1.29, 1.82) is 0 Å². The smallest absolute Gasteiger partial charge is 0.138 e. The quantitative estimate of drug-likeness (QED) is 0.914. The van der Waals surface area contributed by atoms with Gasteiger partial charge in [-0.25, -0.2) is 4.39 Å². The summed E-state index contributed by atoms with van der Waals surface area (Å²) in [6, 6.07) is 11.5. The Balaban J connectivity index is 2.30. The summed E-state index contributed by atoms with van der Waals surface area (Å²) in [6.45, 7) is 3.72. The number of hydrogen-bond acceptors (Lipinski definition) is 2. The molecule has 2 rings (SSSR count). The Labute approximate surface area is 123 Å². The van der Waals surface area contributed by atoms with Gasteiger partial charge >= 0.3 is 0 Å². The van der Waals surface area contributed by atoms with Crippen molar-refractivity contribution in [3.05, 3.63) is 64.4 Å². The molecule has 0 spiro atoms. The first kappa shape index (κ1) is 14.8. The van der Waals surface area contributed by atoms with E-state index in [1.165, 1.54) is 12.1 Å². The zero-order chi connectivity index (χ0) is 14.7. The molecule has 2 N–H and O–H groups in total. The third kappa shape index (κ3) is 3.50. The molecule has 106 valence electrons. The third-order valence-corrected chi connectivity index (χ3v) is 3.33. The number of rotatable bonds is 4. The monoisotopic (exact) mass is 293 g/mol. The molecule has 2 aromatic rings. The molecule has 0 amide bonds. The molecule has 0 radical (unpaired) electrons. The lowest BCUT2D eigenvalue weighted by Gasteiger charge is -2.24. The number of ether oxygens (including phenoxy) is 1. The highest BCUT2D eigenvalue weighted by Gasteiger charge is 2.19. The number of halogens is 2. The second-order valence-corrected chi connectivity index (χ2v) is 5.30. The topological polar surface area (TPSA) is 35.2 Å². The van der Waals surface area contributed by atoms with Crippen LogP contribution >= 0.6 is 11.6 Å². The van der Waals surface area contributed by atoms with Gasteiger partial charge < -0.3 is 10.5 Å². The van der Waals surface area contributed by atoms with Crippen LogP contribution in [0.1, 0.15) is 24.2 Å². The van der Waals surface area contributed by atoms with E-state index in [0.29, 0.717) is 10.8 Å². The Morgan fingerprint density at radius 3 is 2.40 bits per heavy atom. The van der Waals surface area contributed by atoms with Crippen molar-refractivity contribution in [2.45, 2.75) is 26.0 Å². The van der Waals surface area contributed by atoms with Gasteiger partial charge in [-0.15, -0.1) is 0 Å². The van der Waals surface area contributed by atoms with Crippen molar-refractivity contribution >= 4 is 11.6 Å². The Kier molecular flexibility index (Phi) is 4.63. The molecule has 0 bridgehead atoms. The number of aryl methyl sites for hydroxylation is 1. The van der Waals surface area contributed by atoms with Gasteiger partial charge in [0.05, 0.1) is 0 Å². The average Bonchev–Trinajstić information content (AvgIpc) is 2.40. The molecule has 2 atom stereocenters. The largest absolute Gasteiger partial charge is 0.484 e. The number of nitrogens with two attached hydrogens (primary N) is 1. The molecule has 2 nitrogen and oxygen atoms in total. The standard InChI is InChI=1S/C16H17ClFNO/c1-10-3-8-14(18)9-15(10)20-16(11(2)19)12-4-6-13(17)7-5-12/h3-9,11,16H,19H2,1-2H3. The van der Waals surface area contributed by atoms with Gasteiger partial charge in [0.15, 0.2) is 0 Å². The fraction of sp³-hybridized carbons (Fsp3) is 0.250. The van der Waals surface area contributed by atoms with Gasteiger partial charge in [-0.05, 0) is 43.2 Å². The highest BCUT2D eigenvalue weighted by molar-refractivity contribution is 6.30. The van der Waals surface area contributed by atoms with Gasteiger partial charge in [0.25, 0.3) is 0 Å². The first-order chi connectivity index (χ1) is 9.47. The summed E-state index contributed by atoms with van der Waals surface area (Å²) in [6.07, 6.45) is -0.354. The van der Waals surface area contributed by atoms with E-state index in [4.69, 9.17) is 22.1 Å². The minimum atomic E-state index is -0.354. The zero-order valence-electron chi connectivity index (χ0n) is 11.4. The highest BCUT2D eigenvalue weighted by atomic mass is 35.5. The fourth-order valence-corrected chi connectivity index (χ4v) is 2.10. The summed E-state index contributed by atoms with van der Waals surface area (Å²) < 4.78 is 19.2. The molecule has 0 heterocycles. The van der Waals surface area contributed by atoms with Gasteiger partial charge in [-0.2, -0.15) is 0 Å². The molecule has 4 heteroatoms. The van der Waals surface area contributed by atoms with E-state index < -0.39 is 0 Å². The third-order valence-electron chi connectivity index (χ3n) is 3.08. The van der Waals surface area contributed by atoms with Crippen LogP contribution in [0, 0.1) is 12.7 Å². The van der Waals surface area contributed by atoms with Crippen molar-refractivity contribution in [3.63, 3.8) is 0 Å². The van der Waals surface area contributed by atoms with Gasteiger partial charge in [0.1, 0.15) is 17.7 Å². The molecule has 2 unspecified atom stereocenters. The molecule has 0 saturated heterocycles. The minimum absolute atomic E-state index is 0.237. The van der Waals surface area contributed by atoms with Gasteiger partial charge in [-0.1, -0.05) is 29.8 Å². The van der Waals surface area contributed by atoms with Crippen molar-refractivity contribution < 1.29 is 9.13 Å². The Morgan fingerprint density at radius 2 is 1.80 bits per heavy atom. The maximum Gasteiger partial charge on any atom is 0.138 e. The molecule has 0 aromatic heterocycles. The van der Waals surface area contributed by atoms with Crippen LogP contribution in [-0.4, -0.2) is 6.04 Å². The molecule has 0 aliphatic carbocycles. The molecule has 20 heavy (non-hydrogen) atoms. The van der Waals surface area contributed by atoms with Gasteiger partial charge in [0, 0.05) is 17.1 Å². The lowest BCUT2D eigenvalue weighted by Crippen LogP contribution is -2.29. The Hall–Kier alpha value is -1.58. The van der Waals surface area contributed by atoms with Crippen LogP contribution in [0.15, 0.2) is 42.5 Å². The van der Waals surface area contributed by atoms with Crippen LogP contribution < -0.4 is 10.5 Å². The fourth-order valence-electron chi connectivity index (χ4n) is 1.97. The van der Waals surface area contributed by atoms with Crippen molar-refractivity contribution in [3.8, 4) is 5.75 Å². The minimum Gasteiger partial charge on any atom is -0.484 e. The van der Waals surface area contributed by atoms with Gasteiger partial charge in [0.2, 0.25) is 0 Å². The van der Waals surface area contributed by atoms with Crippen LogP contribution in [0.4, 0.5) is 4.39 Å². The molecule has 0 aliphatic heterocycles. The maximum atomic E-state index is 13.3. The predicted octanol–water partition coefficient (Wildman–Crippen LogP) is 4.25. The highest BCUT2D eigenvalue weighted by Crippen LogP contribution is 2.28. The Morgan fingerprint density at radius 1 is 1.15 bits per heavy atom. The summed E-state index contributed by atoms with van der Waals surface area (Å²) in [5.74, 6) is 0.174. The van der Waals surface area contributed by atoms with E-state index in [1.54, 1.807) is 18.2 Å². The van der Waals surface area contributed by atoms with Crippen LogP contribution in [0.3, 0.4) is 0 Å². The van der Waals surface area contributed by atoms with Gasteiger partial charge in [-0.3, -0.25) is 0 Å². The van der Waals surface area contributed by atoms with E-state index >= 15 is 0 Å². The SMILES string of the molecule is Cc1ccc(F)cc1OC(c1ccc(Cl)cc1)C(C)N. The van der Waals surface area contributed by atoms with Crippen LogP contribution in [-0.2, 0) is 0 Å². The lowest BCUT2D eigenvalue weighted by atomic mass is 10.0. The predicted molar refractivity (Wildman–Crippen MR) is 79.6 cm³/mol. The van der Waals surface area contributed by atoms with E-state index in [0.717, 1.165) is 11.1 Å². The molecule has 0 fully saturated rings. The van der Waals surface area contributed by atoms with Crippen molar-refractivity contribution in [2.24, 2.45) is 5.73 Å². The summed E-state index contributed by atoms with van der Waals surface area (Å²) in [4.78, 5) is 0. The Bertz CT molecular complexity index is 584. The number of benzene rings is 2. The lowest BCUT2D eigenvalue weighted by molar-refractivity contribution is 0.178. The second kappa shape index (κ2) is 6.25. The summed E-state index contributed by atoms with van der Waals surface area (Å²) in [5.41, 5.74) is 7.77. The van der Waals surface area contributed by atoms with E-state index in [9.17, 15) is 4.39 Å². The first-order valence-electron chi connectivity index (χ1n) is 6.41. The molecule has 2 aromatic carbocycles. The molecular formula is C16H17ClFNO. The van der Waals surface area contributed by atoms with E-state index in [2.05, 4.69) is 0 Å². The zero-order valence-corrected chi connectivity index (χ0v) is 12.2. The molecular weight excluding hydrogens is 277 g/mol. The summed E-state index contributed by atoms with van der Waals surface area (Å²) in [5, 5.41) is 0.652. The van der Waals surface area contributed by atoms with E-state index in [-0.39, 0.29) is 18.0 Å². The van der Waals surface area contributed by atoms with Crippen LogP contribution in [0.2, 0.25) is 5.02 Å². The maximum absolute atomic E-state index is 13.3. The van der Waals surface area contributed by atoms with E-state index in [1.807, 2.05) is 26.0 Å². The summed E-state index contributed by atoms with van der Waals surface area (Å²) >= 11 is 5.88. The van der Waals surface area contributed by atoms with Crippen molar-refractivity contribution in [2.75, 3.05) is 0 Å². The normalized spacial score (nSPS) is 13.8. The van der Waals surface area contributed by atoms with Crippen LogP contribution in [0.25, 0.3) is 0 Å². The van der Waals surface area contributed by atoms with Crippen LogP contribution in [0.5, 0.6) is 5.75 Å². The first-order valence-corrected chi connectivity index (χ1v) is 6.79. The average molecular weight is 294 g/mol. The summed E-state index contributed by atoms with van der Waals surface area (Å²) in [7, 11) is 0. The molecule has 0 aliphatic rings. The second-order valence-electron chi connectivity index (χ2n) is 4.86. The molecule has 0 saturated carbocycles. The number of hydrogen-bond donors (Lipinski definition) is 1.